The molecule has 0 aliphatic carbocycles. The molecular weight excluding hydrogens is 464 g/mol. The molecule has 8 heteroatoms. The minimum absolute atomic E-state index is 0.157. The second kappa shape index (κ2) is 8.35. The number of ketones is 1. The number of rotatable bonds is 3. The summed E-state index contributed by atoms with van der Waals surface area (Å²) in [5, 5.41) is 11.9. The summed E-state index contributed by atoms with van der Waals surface area (Å²) < 4.78 is 13.9. The lowest BCUT2D eigenvalue weighted by molar-refractivity contribution is -0.132. The van der Waals surface area contributed by atoms with E-state index in [-0.39, 0.29) is 27.1 Å². The molecule has 1 aliphatic heterocycles. The SMILES string of the molecule is O=C1C(=O)N(c2cccc(F)c2)C(c2ccc(Cl)c(Cl)c2)/C1=C(/O)c1ccc(Cl)cc1. The maximum Gasteiger partial charge on any atom is 0.300 e. The van der Waals surface area contributed by atoms with Gasteiger partial charge < -0.3 is 5.11 Å². The van der Waals surface area contributed by atoms with Gasteiger partial charge in [0.25, 0.3) is 11.7 Å². The predicted octanol–water partition coefficient (Wildman–Crippen LogP) is 6.41. The molecule has 1 fully saturated rings. The summed E-state index contributed by atoms with van der Waals surface area (Å²) in [6.07, 6.45) is 0. The average Bonchev–Trinajstić information content (AvgIpc) is 3.01. The van der Waals surface area contributed by atoms with Gasteiger partial charge in [-0.1, -0.05) is 46.9 Å². The van der Waals surface area contributed by atoms with Gasteiger partial charge in [0, 0.05) is 16.3 Å². The summed E-state index contributed by atoms with van der Waals surface area (Å²) in [6.45, 7) is 0. The Kier molecular flexibility index (Phi) is 5.75. The van der Waals surface area contributed by atoms with Crippen molar-refractivity contribution >= 4 is 57.9 Å². The fraction of sp³-hybridized carbons (Fsp3) is 0.0435. The quantitative estimate of drug-likeness (QED) is 0.270. The van der Waals surface area contributed by atoms with E-state index < -0.39 is 23.5 Å². The molecule has 156 valence electrons. The van der Waals surface area contributed by atoms with Gasteiger partial charge in [-0.15, -0.1) is 0 Å². The van der Waals surface area contributed by atoms with E-state index in [1.54, 1.807) is 18.2 Å². The smallest absolute Gasteiger partial charge is 0.300 e. The number of nitrogens with zero attached hydrogens (tertiary/aromatic N) is 1. The van der Waals surface area contributed by atoms with E-state index in [0.29, 0.717) is 16.1 Å². The zero-order valence-electron chi connectivity index (χ0n) is 15.7. The molecule has 4 nitrogen and oxygen atoms in total. The van der Waals surface area contributed by atoms with Gasteiger partial charge in [-0.3, -0.25) is 14.5 Å². The Bertz CT molecular complexity index is 1240. The van der Waals surface area contributed by atoms with Crippen LogP contribution in [0.5, 0.6) is 0 Å². The summed E-state index contributed by atoms with van der Waals surface area (Å²) in [5.74, 6) is -2.78. The van der Waals surface area contributed by atoms with Crippen LogP contribution in [0.25, 0.3) is 5.76 Å². The lowest BCUT2D eigenvalue weighted by Crippen LogP contribution is -2.29. The highest BCUT2D eigenvalue weighted by molar-refractivity contribution is 6.52. The minimum Gasteiger partial charge on any atom is -0.507 e. The van der Waals surface area contributed by atoms with Crippen LogP contribution in [0.2, 0.25) is 15.1 Å². The van der Waals surface area contributed by atoms with Crippen LogP contribution in [0.4, 0.5) is 10.1 Å². The Labute approximate surface area is 192 Å². The topological polar surface area (TPSA) is 57.6 Å². The van der Waals surface area contributed by atoms with E-state index in [1.165, 1.54) is 42.5 Å². The molecule has 0 aromatic heterocycles. The van der Waals surface area contributed by atoms with Crippen molar-refractivity contribution in [2.75, 3.05) is 4.90 Å². The monoisotopic (exact) mass is 475 g/mol. The van der Waals surface area contributed by atoms with Crippen LogP contribution in [0.15, 0.2) is 72.3 Å². The molecule has 1 N–H and O–H groups in total. The molecule has 31 heavy (non-hydrogen) atoms. The second-order valence-corrected chi connectivity index (χ2v) is 8.08. The standard InChI is InChI=1S/C23H13Cl3FNO3/c24-14-7-4-12(5-8-14)21(29)19-20(13-6-9-17(25)18(26)10-13)28(23(31)22(19)30)16-3-1-2-15(27)11-16/h1-11,20,29H/b21-19-. The number of aliphatic hydroxyl groups excluding tert-OH is 1. The van der Waals surface area contributed by atoms with Crippen LogP contribution < -0.4 is 4.90 Å². The highest BCUT2D eigenvalue weighted by atomic mass is 35.5. The van der Waals surface area contributed by atoms with Gasteiger partial charge in [0.1, 0.15) is 11.6 Å². The van der Waals surface area contributed by atoms with Crippen molar-refractivity contribution in [3.8, 4) is 0 Å². The Balaban J connectivity index is 1.97. The fourth-order valence-corrected chi connectivity index (χ4v) is 3.92. The molecule has 1 aliphatic rings. The van der Waals surface area contributed by atoms with Gasteiger partial charge in [-0.25, -0.2) is 4.39 Å². The van der Waals surface area contributed by atoms with Gasteiger partial charge in [0.15, 0.2) is 0 Å². The summed E-state index contributed by atoms with van der Waals surface area (Å²) in [6, 6.07) is 15.0. The number of carbonyl (C=O) groups excluding carboxylic acids is 2. The van der Waals surface area contributed by atoms with E-state index in [9.17, 15) is 19.1 Å². The molecule has 3 aromatic carbocycles. The first kappa shape index (κ1) is 21.4. The van der Waals surface area contributed by atoms with Crippen molar-refractivity contribution in [2.24, 2.45) is 0 Å². The number of hydrogen-bond donors (Lipinski definition) is 1. The number of aliphatic hydroxyl groups is 1. The molecule has 1 amide bonds. The summed E-state index contributed by atoms with van der Waals surface area (Å²) >= 11 is 18.1. The van der Waals surface area contributed by atoms with Gasteiger partial charge in [0.05, 0.1) is 21.7 Å². The lowest BCUT2D eigenvalue weighted by Gasteiger charge is -2.25. The van der Waals surface area contributed by atoms with Crippen molar-refractivity contribution in [1.29, 1.82) is 0 Å². The van der Waals surface area contributed by atoms with E-state index in [0.717, 1.165) is 11.0 Å². The first-order valence-electron chi connectivity index (χ1n) is 9.05. The number of Topliss-reactive ketones (excluding diaryl/α,β-unsaturated/α-hetero) is 1. The predicted molar refractivity (Wildman–Crippen MR) is 119 cm³/mol. The number of hydrogen-bond acceptors (Lipinski definition) is 3. The van der Waals surface area contributed by atoms with Gasteiger partial charge in [-0.2, -0.15) is 0 Å². The van der Waals surface area contributed by atoms with Crippen molar-refractivity contribution in [3.05, 3.63) is 104 Å². The molecule has 1 heterocycles. The number of anilines is 1. The second-order valence-electron chi connectivity index (χ2n) is 6.83. The van der Waals surface area contributed by atoms with Gasteiger partial charge >= 0.3 is 0 Å². The van der Waals surface area contributed by atoms with Crippen LogP contribution in [0.1, 0.15) is 17.2 Å². The Morgan fingerprint density at radius 1 is 0.903 bits per heavy atom. The minimum atomic E-state index is -1.05. The van der Waals surface area contributed by atoms with Crippen molar-refractivity contribution in [1.82, 2.24) is 0 Å². The zero-order chi connectivity index (χ0) is 22.3. The molecular formula is C23H13Cl3FNO3. The molecule has 0 bridgehead atoms. The first-order chi connectivity index (χ1) is 14.8. The number of benzene rings is 3. The summed E-state index contributed by atoms with van der Waals surface area (Å²) in [7, 11) is 0. The van der Waals surface area contributed by atoms with Gasteiger partial charge in [0.2, 0.25) is 0 Å². The van der Waals surface area contributed by atoms with E-state index in [1.807, 2.05) is 0 Å². The molecule has 1 atom stereocenters. The molecule has 1 unspecified atom stereocenters. The van der Waals surface area contributed by atoms with Crippen LogP contribution in [-0.4, -0.2) is 16.8 Å². The van der Waals surface area contributed by atoms with E-state index >= 15 is 0 Å². The maximum atomic E-state index is 13.9. The number of halogens is 4. The maximum absolute atomic E-state index is 13.9. The Morgan fingerprint density at radius 3 is 2.26 bits per heavy atom. The van der Waals surface area contributed by atoms with Crippen molar-refractivity contribution < 1.29 is 19.1 Å². The number of amides is 1. The Morgan fingerprint density at radius 2 is 1.61 bits per heavy atom. The lowest BCUT2D eigenvalue weighted by atomic mass is 9.95. The molecule has 4 rings (SSSR count). The molecule has 0 saturated carbocycles. The largest absolute Gasteiger partial charge is 0.507 e. The highest BCUT2D eigenvalue weighted by Crippen LogP contribution is 2.43. The normalized spacial score (nSPS) is 17.9. The molecule has 0 radical (unpaired) electrons. The van der Waals surface area contributed by atoms with Crippen LogP contribution >= 0.6 is 34.8 Å². The van der Waals surface area contributed by atoms with Crippen LogP contribution in [0.3, 0.4) is 0 Å². The number of carbonyl (C=O) groups is 2. The van der Waals surface area contributed by atoms with Crippen LogP contribution in [-0.2, 0) is 9.59 Å². The Hall–Kier alpha value is -2.86. The third-order valence-corrected chi connectivity index (χ3v) is 5.90. The average molecular weight is 477 g/mol. The van der Waals surface area contributed by atoms with Crippen molar-refractivity contribution in [3.63, 3.8) is 0 Å². The third kappa shape index (κ3) is 3.92. The molecule has 3 aromatic rings. The highest BCUT2D eigenvalue weighted by Gasteiger charge is 2.47. The van der Waals surface area contributed by atoms with Gasteiger partial charge in [-0.05, 0) is 60.2 Å². The molecule has 0 spiro atoms. The van der Waals surface area contributed by atoms with E-state index in [2.05, 4.69) is 0 Å². The van der Waals surface area contributed by atoms with E-state index in [4.69, 9.17) is 34.8 Å². The van der Waals surface area contributed by atoms with Crippen LogP contribution in [0, 0.1) is 5.82 Å². The third-order valence-electron chi connectivity index (χ3n) is 4.91. The summed E-state index contributed by atoms with van der Waals surface area (Å²) in [4.78, 5) is 27.1. The first-order valence-corrected chi connectivity index (χ1v) is 10.2. The summed E-state index contributed by atoms with van der Waals surface area (Å²) in [5.41, 5.74) is 0.725. The zero-order valence-corrected chi connectivity index (χ0v) is 17.9. The van der Waals surface area contributed by atoms with Crippen molar-refractivity contribution in [2.45, 2.75) is 6.04 Å². The fourth-order valence-electron chi connectivity index (χ4n) is 3.49. The molecule has 1 saturated heterocycles.